The molecule has 0 fully saturated rings. The Morgan fingerprint density at radius 2 is 1.03 bits per heavy atom. The Kier molecular flexibility index (Phi) is 6.64. The standard InChI is InChI=1S/C28H23IO5S/c1-32-27-23-15-9-10-16-24(23)28(33-2)26-19-22(17-18-25(26)27)35(30,31)34-29(20-11-5-3-6-12-20)21-13-7-4-8-14-21/h3-19H,1-2H3/q+1. The third-order valence-electron chi connectivity index (χ3n) is 5.60. The summed E-state index contributed by atoms with van der Waals surface area (Å²) in [4.78, 5) is 0.0785. The van der Waals surface area contributed by atoms with Gasteiger partial charge in [0, 0.05) is 21.5 Å². The van der Waals surface area contributed by atoms with Crippen LogP contribution in [-0.4, -0.2) is 22.6 Å². The lowest BCUT2D eigenvalue weighted by Crippen LogP contribution is -3.85. The van der Waals surface area contributed by atoms with Gasteiger partial charge in [-0.15, -0.1) is 0 Å². The summed E-state index contributed by atoms with van der Waals surface area (Å²) < 4.78 is 46.5. The molecule has 0 aliphatic heterocycles. The number of hydrogen-bond donors (Lipinski definition) is 0. The Morgan fingerprint density at radius 3 is 1.54 bits per heavy atom. The number of ether oxygens (including phenoxy) is 2. The zero-order valence-corrected chi connectivity index (χ0v) is 22.1. The highest BCUT2D eigenvalue weighted by Crippen LogP contribution is 2.43. The van der Waals surface area contributed by atoms with Crippen LogP contribution in [0.2, 0.25) is 0 Å². The molecule has 0 aliphatic rings. The van der Waals surface area contributed by atoms with Gasteiger partial charge in [-0.25, -0.2) is 0 Å². The van der Waals surface area contributed by atoms with E-state index in [1.54, 1.807) is 32.4 Å². The quantitative estimate of drug-likeness (QED) is 0.213. The first-order valence-corrected chi connectivity index (χ1v) is 15.3. The van der Waals surface area contributed by atoms with Crippen LogP contribution in [-0.2, 0) is 12.6 Å². The fraction of sp³-hybridized carbons (Fsp3) is 0.0714. The lowest BCUT2D eigenvalue weighted by molar-refractivity contribution is -1.03. The third-order valence-corrected chi connectivity index (χ3v) is 12.9. The topological polar surface area (TPSA) is 61.8 Å². The molecule has 0 bridgehead atoms. The van der Waals surface area contributed by atoms with E-state index in [4.69, 9.17) is 12.0 Å². The van der Waals surface area contributed by atoms with Crippen LogP contribution in [0, 0.1) is 7.14 Å². The van der Waals surface area contributed by atoms with E-state index >= 15 is 0 Å². The second-order valence-corrected chi connectivity index (χ2v) is 14.2. The van der Waals surface area contributed by atoms with Crippen molar-refractivity contribution in [2.75, 3.05) is 14.2 Å². The second-order valence-electron chi connectivity index (χ2n) is 7.68. The molecule has 5 aromatic carbocycles. The molecule has 0 saturated carbocycles. The minimum Gasteiger partial charge on any atom is -0.495 e. The van der Waals surface area contributed by atoms with Crippen molar-refractivity contribution >= 4 is 31.7 Å². The molecule has 0 heterocycles. The molecule has 1 radical (unpaired) electrons. The molecular weight excluding hydrogens is 575 g/mol. The van der Waals surface area contributed by atoms with E-state index in [1.165, 1.54) is 0 Å². The molecule has 177 valence electrons. The van der Waals surface area contributed by atoms with Crippen LogP contribution < -0.4 is 29.7 Å². The Balaban J connectivity index is 1.65. The SMILES string of the molecule is COc1c2ccccc2c(OC)c2cc(S(=O)(=O)O[I+](c3ccccc3)c3ccccc3)ccc12. The largest absolute Gasteiger partial charge is 0.495 e. The van der Waals surface area contributed by atoms with Gasteiger partial charge >= 0.3 is 30.4 Å². The predicted molar refractivity (Wildman–Crippen MR) is 133 cm³/mol. The molecular formula is C28H23IO5S+. The van der Waals surface area contributed by atoms with E-state index in [1.807, 2.05) is 84.9 Å². The van der Waals surface area contributed by atoms with Gasteiger partial charge in [0.2, 0.25) is 0 Å². The Bertz CT molecular complexity index is 1560. The molecule has 0 atom stereocenters. The molecule has 0 amide bonds. The van der Waals surface area contributed by atoms with Gasteiger partial charge in [-0.3, -0.25) is 0 Å². The summed E-state index contributed by atoms with van der Waals surface area (Å²) in [7, 11) is -0.879. The van der Waals surface area contributed by atoms with Crippen molar-refractivity contribution in [1.82, 2.24) is 0 Å². The van der Waals surface area contributed by atoms with Gasteiger partial charge in [0.05, 0.1) is 19.1 Å². The predicted octanol–water partition coefficient (Wildman–Crippen LogP) is 2.99. The molecule has 0 unspecified atom stereocenters. The zero-order chi connectivity index (χ0) is 24.4. The van der Waals surface area contributed by atoms with Gasteiger partial charge in [0.25, 0.3) is 0 Å². The maximum atomic E-state index is 13.6. The van der Waals surface area contributed by atoms with Gasteiger partial charge in [-0.2, -0.15) is 8.42 Å². The van der Waals surface area contributed by atoms with Crippen LogP contribution in [0.25, 0.3) is 21.5 Å². The average Bonchev–Trinajstić information content (AvgIpc) is 2.91. The van der Waals surface area contributed by atoms with Crippen LogP contribution in [0.3, 0.4) is 0 Å². The van der Waals surface area contributed by atoms with E-state index in [0.29, 0.717) is 16.9 Å². The number of fused-ring (bicyclic) bond motifs is 2. The van der Waals surface area contributed by atoms with Crippen LogP contribution in [0.5, 0.6) is 11.5 Å². The molecule has 0 aromatic heterocycles. The van der Waals surface area contributed by atoms with Gasteiger partial charge in [-0.05, 0) is 45.0 Å². The average molecular weight is 598 g/mol. The minimum atomic E-state index is -4.07. The van der Waals surface area contributed by atoms with Crippen LogP contribution in [0.4, 0.5) is 0 Å². The van der Waals surface area contributed by atoms with Gasteiger partial charge in [0.1, 0.15) is 11.5 Å². The highest BCUT2D eigenvalue weighted by Gasteiger charge is 2.37. The first kappa shape index (κ1) is 23.6. The van der Waals surface area contributed by atoms with E-state index in [9.17, 15) is 8.42 Å². The third kappa shape index (κ3) is 4.47. The Labute approximate surface area is 212 Å². The zero-order valence-electron chi connectivity index (χ0n) is 19.1. The van der Waals surface area contributed by atoms with Gasteiger partial charge in [-0.1, -0.05) is 60.7 Å². The lowest BCUT2D eigenvalue weighted by Gasteiger charge is -2.15. The van der Waals surface area contributed by atoms with Crippen LogP contribution >= 0.6 is 0 Å². The maximum absolute atomic E-state index is 13.6. The molecule has 35 heavy (non-hydrogen) atoms. The molecule has 0 spiro atoms. The van der Waals surface area contributed by atoms with Crippen molar-refractivity contribution in [2.24, 2.45) is 0 Å². The summed E-state index contributed by atoms with van der Waals surface area (Å²) in [6.07, 6.45) is 0. The first-order chi connectivity index (χ1) is 17.0. The number of benzene rings is 5. The van der Waals surface area contributed by atoms with E-state index in [2.05, 4.69) is 0 Å². The first-order valence-electron chi connectivity index (χ1n) is 10.8. The molecule has 0 saturated heterocycles. The fourth-order valence-electron chi connectivity index (χ4n) is 4.05. The Hall–Kier alpha value is -3.14. The van der Waals surface area contributed by atoms with Gasteiger partial charge in [0.15, 0.2) is 7.14 Å². The number of methoxy groups -OCH3 is 2. The summed E-state index contributed by atoms with van der Waals surface area (Å²) in [5, 5.41) is 3.15. The monoisotopic (exact) mass is 598 g/mol. The molecule has 5 nitrogen and oxygen atoms in total. The van der Waals surface area contributed by atoms with Crippen LogP contribution in [0.15, 0.2) is 108 Å². The Morgan fingerprint density at radius 1 is 0.571 bits per heavy atom. The summed E-state index contributed by atoms with van der Waals surface area (Å²) in [5.41, 5.74) is 0. The summed E-state index contributed by atoms with van der Waals surface area (Å²) in [6.45, 7) is 0. The highest BCUT2D eigenvalue weighted by atomic mass is 127. The van der Waals surface area contributed by atoms with Gasteiger partial charge < -0.3 is 9.47 Å². The van der Waals surface area contributed by atoms with Crippen molar-refractivity contribution in [3.63, 3.8) is 0 Å². The summed E-state index contributed by atoms with van der Waals surface area (Å²) >= 11 is -2.75. The fourth-order valence-corrected chi connectivity index (χ4v) is 11.1. The number of halogens is 1. The summed E-state index contributed by atoms with van der Waals surface area (Å²) in [6, 6.07) is 31.8. The normalized spacial score (nSPS) is 11.7. The van der Waals surface area contributed by atoms with Crippen molar-refractivity contribution in [3.05, 3.63) is 110 Å². The van der Waals surface area contributed by atoms with Crippen molar-refractivity contribution in [2.45, 2.75) is 4.90 Å². The maximum Gasteiger partial charge on any atom is 0.336 e. The molecule has 0 aliphatic carbocycles. The molecule has 7 heteroatoms. The van der Waals surface area contributed by atoms with Crippen molar-refractivity contribution in [1.29, 1.82) is 0 Å². The molecule has 5 aromatic rings. The van der Waals surface area contributed by atoms with E-state index in [-0.39, 0.29) is 4.90 Å². The van der Waals surface area contributed by atoms with Crippen molar-refractivity contribution in [3.8, 4) is 11.5 Å². The second kappa shape index (κ2) is 9.85. The number of rotatable bonds is 7. The minimum absolute atomic E-state index is 0.0785. The van der Waals surface area contributed by atoms with E-state index in [0.717, 1.165) is 23.3 Å². The number of hydrogen-bond acceptors (Lipinski definition) is 5. The molecule has 5 rings (SSSR count). The smallest absolute Gasteiger partial charge is 0.336 e. The highest BCUT2D eigenvalue weighted by molar-refractivity contribution is 7.86. The summed E-state index contributed by atoms with van der Waals surface area (Å²) in [5.74, 6) is 1.26. The lowest BCUT2D eigenvalue weighted by atomic mass is 10.0. The van der Waals surface area contributed by atoms with E-state index < -0.39 is 30.4 Å². The van der Waals surface area contributed by atoms with Crippen LogP contribution in [0.1, 0.15) is 0 Å². The molecule has 0 N–H and O–H groups in total. The van der Waals surface area contributed by atoms with Crippen molar-refractivity contribution < 1.29 is 40.6 Å².